The fourth-order valence-electron chi connectivity index (χ4n) is 1.99. The van der Waals surface area contributed by atoms with Crippen molar-refractivity contribution < 1.29 is 17.4 Å². The van der Waals surface area contributed by atoms with Gasteiger partial charge in [-0.3, -0.25) is 8.98 Å². The van der Waals surface area contributed by atoms with Gasteiger partial charge in [-0.25, -0.2) is 0 Å². The van der Waals surface area contributed by atoms with E-state index in [1.165, 1.54) is 12.1 Å². The molecule has 0 saturated carbocycles. The number of nitrogens with one attached hydrogen (secondary N) is 1. The highest BCUT2D eigenvalue weighted by Crippen LogP contribution is 2.18. The van der Waals surface area contributed by atoms with Crippen molar-refractivity contribution >= 4 is 16.0 Å². The van der Waals surface area contributed by atoms with Crippen LogP contribution in [0.1, 0.15) is 18.9 Å². The maximum Gasteiger partial charge on any atom is 0.297 e. The van der Waals surface area contributed by atoms with Gasteiger partial charge in [0.1, 0.15) is 0 Å². The molecule has 0 aliphatic carbocycles. The Morgan fingerprint density at radius 3 is 2.47 bits per heavy atom. The molecule has 1 heterocycles. The van der Waals surface area contributed by atoms with E-state index in [0.717, 1.165) is 5.56 Å². The third kappa shape index (κ3) is 3.33. The van der Waals surface area contributed by atoms with Gasteiger partial charge in [-0.1, -0.05) is 24.6 Å². The lowest BCUT2D eigenvalue weighted by molar-refractivity contribution is -0.122. The molecule has 2 atom stereocenters. The molecule has 104 valence electrons. The molecular weight excluding hydrogens is 266 g/mol. The van der Waals surface area contributed by atoms with E-state index >= 15 is 0 Å². The number of amides is 1. The standard InChI is InChI=1S/C13H17NO4S/c1-9-3-5-12(6-4-9)19(16,17)18-8-11-7-10(2)13(15)14-11/h3-6,10-11H,7-8H2,1-2H3,(H,14,15)/t10-,11-/m1/s1. The van der Waals surface area contributed by atoms with Crippen LogP contribution in [-0.2, 0) is 19.1 Å². The predicted octanol–water partition coefficient (Wildman–Crippen LogP) is 1.22. The van der Waals surface area contributed by atoms with Crippen molar-refractivity contribution in [2.24, 2.45) is 5.92 Å². The van der Waals surface area contributed by atoms with Gasteiger partial charge in [0.05, 0.1) is 17.5 Å². The van der Waals surface area contributed by atoms with E-state index < -0.39 is 10.1 Å². The van der Waals surface area contributed by atoms with Crippen LogP contribution < -0.4 is 5.32 Å². The van der Waals surface area contributed by atoms with Gasteiger partial charge in [0.15, 0.2) is 0 Å². The highest BCUT2D eigenvalue weighted by atomic mass is 32.2. The average Bonchev–Trinajstić information content (AvgIpc) is 2.67. The SMILES string of the molecule is Cc1ccc(S(=O)(=O)OC[C@H]2C[C@@H](C)C(=O)N2)cc1. The fourth-order valence-corrected chi connectivity index (χ4v) is 2.94. The topological polar surface area (TPSA) is 72.5 Å². The van der Waals surface area contributed by atoms with Gasteiger partial charge in [-0.2, -0.15) is 8.42 Å². The van der Waals surface area contributed by atoms with E-state index in [4.69, 9.17) is 4.18 Å². The highest BCUT2D eigenvalue weighted by Gasteiger charge is 2.29. The zero-order chi connectivity index (χ0) is 14.0. The minimum Gasteiger partial charge on any atom is -0.351 e. The quantitative estimate of drug-likeness (QED) is 0.843. The van der Waals surface area contributed by atoms with Crippen molar-refractivity contribution in [3.63, 3.8) is 0 Å². The average molecular weight is 283 g/mol. The third-order valence-electron chi connectivity index (χ3n) is 3.17. The normalized spacial score (nSPS) is 23.4. The van der Waals surface area contributed by atoms with Crippen molar-refractivity contribution in [2.75, 3.05) is 6.61 Å². The van der Waals surface area contributed by atoms with E-state index in [2.05, 4.69) is 5.32 Å². The van der Waals surface area contributed by atoms with E-state index in [1.807, 2.05) is 13.8 Å². The van der Waals surface area contributed by atoms with E-state index in [-0.39, 0.29) is 29.4 Å². The minimum atomic E-state index is -3.75. The number of benzene rings is 1. The summed E-state index contributed by atoms with van der Waals surface area (Å²) in [6.07, 6.45) is 0.599. The summed E-state index contributed by atoms with van der Waals surface area (Å²) in [5.41, 5.74) is 0.982. The molecule has 1 aliphatic heterocycles. The lowest BCUT2D eigenvalue weighted by atomic mass is 10.1. The molecule has 6 heteroatoms. The van der Waals surface area contributed by atoms with Crippen LogP contribution in [0.3, 0.4) is 0 Å². The molecular formula is C13H17NO4S. The first kappa shape index (κ1) is 14.0. The maximum atomic E-state index is 11.9. The minimum absolute atomic E-state index is 0.0215. The van der Waals surface area contributed by atoms with Crippen LogP contribution in [0.2, 0.25) is 0 Å². The molecule has 2 rings (SSSR count). The van der Waals surface area contributed by atoms with Crippen molar-refractivity contribution in [3.8, 4) is 0 Å². The first-order chi connectivity index (χ1) is 8.88. The Morgan fingerprint density at radius 1 is 1.32 bits per heavy atom. The molecule has 19 heavy (non-hydrogen) atoms. The Hall–Kier alpha value is -1.40. The second kappa shape index (κ2) is 5.30. The van der Waals surface area contributed by atoms with Crippen LogP contribution in [0.5, 0.6) is 0 Å². The molecule has 1 aliphatic rings. The van der Waals surface area contributed by atoms with Gasteiger partial charge in [0, 0.05) is 5.92 Å². The lowest BCUT2D eigenvalue weighted by Gasteiger charge is -2.11. The summed E-state index contributed by atoms with van der Waals surface area (Å²) in [5.74, 6) is -0.142. The monoisotopic (exact) mass is 283 g/mol. The summed E-state index contributed by atoms with van der Waals surface area (Å²) in [6.45, 7) is 3.67. The van der Waals surface area contributed by atoms with Crippen molar-refractivity contribution in [1.29, 1.82) is 0 Å². The van der Waals surface area contributed by atoms with E-state index in [1.54, 1.807) is 12.1 Å². The van der Waals surface area contributed by atoms with Crippen LogP contribution >= 0.6 is 0 Å². The molecule has 1 saturated heterocycles. The van der Waals surface area contributed by atoms with E-state index in [0.29, 0.717) is 6.42 Å². The Labute approximate surface area is 113 Å². The van der Waals surface area contributed by atoms with E-state index in [9.17, 15) is 13.2 Å². The molecule has 0 unspecified atom stereocenters. The Morgan fingerprint density at radius 2 is 1.95 bits per heavy atom. The summed E-state index contributed by atoms with van der Waals surface area (Å²) in [4.78, 5) is 11.4. The zero-order valence-electron chi connectivity index (χ0n) is 10.9. The lowest BCUT2D eigenvalue weighted by Crippen LogP contribution is -2.31. The maximum absolute atomic E-state index is 11.9. The Balaban J connectivity index is 1.99. The highest BCUT2D eigenvalue weighted by molar-refractivity contribution is 7.86. The molecule has 1 amide bonds. The van der Waals surface area contributed by atoms with Gasteiger partial charge in [0.25, 0.3) is 10.1 Å². The van der Waals surface area contributed by atoms with Crippen LogP contribution in [0.4, 0.5) is 0 Å². The molecule has 0 aromatic heterocycles. The van der Waals surface area contributed by atoms with Gasteiger partial charge in [0.2, 0.25) is 5.91 Å². The largest absolute Gasteiger partial charge is 0.351 e. The number of hydrogen-bond donors (Lipinski definition) is 1. The molecule has 1 fully saturated rings. The second-order valence-electron chi connectivity index (χ2n) is 4.89. The number of hydrogen-bond acceptors (Lipinski definition) is 4. The van der Waals surface area contributed by atoms with Crippen molar-refractivity contribution in [1.82, 2.24) is 5.32 Å². The molecule has 1 aromatic carbocycles. The van der Waals surface area contributed by atoms with Crippen LogP contribution in [0, 0.1) is 12.8 Å². The van der Waals surface area contributed by atoms with Gasteiger partial charge in [-0.15, -0.1) is 0 Å². The van der Waals surface area contributed by atoms with Crippen molar-refractivity contribution in [3.05, 3.63) is 29.8 Å². The smallest absolute Gasteiger partial charge is 0.297 e. The number of carbonyl (C=O) groups is 1. The van der Waals surface area contributed by atoms with Gasteiger partial charge >= 0.3 is 0 Å². The molecule has 0 bridgehead atoms. The Kier molecular flexibility index (Phi) is 3.91. The Bertz CT molecular complexity index is 565. The molecule has 1 N–H and O–H groups in total. The fraction of sp³-hybridized carbons (Fsp3) is 0.462. The third-order valence-corrected chi connectivity index (χ3v) is 4.46. The van der Waals surface area contributed by atoms with Gasteiger partial charge in [-0.05, 0) is 25.5 Å². The zero-order valence-corrected chi connectivity index (χ0v) is 11.7. The van der Waals surface area contributed by atoms with Gasteiger partial charge < -0.3 is 5.32 Å². The molecule has 1 aromatic rings. The molecule has 0 radical (unpaired) electrons. The summed E-state index contributed by atoms with van der Waals surface area (Å²) in [7, 11) is -3.75. The number of aryl methyl sites for hydroxylation is 1. The summed E-state index contributed by atoms with van der Waals surface area (Å²) < 4.78 is 28.9. The summed E-state index contributed by atoms with van der Waals surface area (Å²) in [5, 5.41) is 2.71. The van der Waals surface area contributed by atoms with Crippen molar-refractivity contribution in [2.45, 2.75) is 31.2 Å². The number of rotatable bonds is 4. The van der Waals surface area contributed by atoms with Crippen LogP contribution in [-0.4, -0.2) is 27.0 Å². The molecule has 0 spiro atoms. The molecule has 5 nitrogen and oxygen atoms in total. The second-order valence-corrected chi connectivity index (χ2v) is 6.51. The van der Waals surface area contributed by atoms with Crippen LogP contribution in [0.15, 0.2) is 29.2 Å². The summed E-state index contributed by atoms with van der Waals surface area (Å²) >= 11 is 0. The first-order valence-electron chi connectivity index (χ1n) is 6.15. The predicted molar refractivity (Wildman–Crippen MR) is 70.0 cm³/mol. The summed E-state index contributed by atoms with van der Waals surface area (Å²) in [6, 6.07) is 6.23. The first-order valence-corrected chi connectivity index (χ1v) is 7.56. The van der Waals surface area contributed by atoms with Crippen LogP contribution in [0.25, 0.3) is 0 Å². The number of carbonyl (C=O) groups excluding carboxylic acids is 1.